The second-order valence-electron chi connectivity index (χ2n) is 4.77. The zero-order chi connectivity index (χ0) is 11.0. The van der Waals surface area contributed by atoms with Crippen LogP contribution < -0.4 is 5.32 Å². The number of rotatable bonds is 3. The summed E-state index contributed by atoms with van der Waals surface area (Å²) in [6.07, 6.45) is 3.63. The van der Waals surface area contributed by atoms with Gasteiger partial charge in [0.25, 0.3) is 0 Å². The van der Waals surface area contributed by atoms with Gasteiger partial charge in [0, 0.05) is 22.7 Å². The fraction of sp³-hybridized carbons (Fsp3) is 0.538. The molecule has 2 nitrogen and oxygen atoms in total. The Morgan fingerprint density at radius 2 is 2.12 bits per heavy atom. The first-order valence-electron chi connectivity index (χ1n) is 5.91. The smallest absolute Gasteiger partial charge is 0.0620 e. The minimum absolute atomic E-state index is 0.221. The lowest BCUT2D eigenvalue weighted by atomic mass is 10.0. The van der Waals surface area contributed by atoms with Gasteiger partial charge in [-0.15, -0.1) is 0 Å². The molecule has 3 heteroatoms. The quantitative estimate of drug-likeness (QED) is 0.920. The predicted octanol–water partition coefficient (Wildman–Crippen LogP) is 2.82. The maximum Gasteiger partial charge on any atom is 0.0620 e. The first kappa shape index (κ1) is 10.8. The Labute approximate surface area is 105 Å². The van der Waals surface area contributed by atoms with E-state index in [4.69, 9.17) is 4.74 Å². The third-order valence-corrected chi connectivity index (χ3v) is 4.24. The number of hydrogen-bond donors (Lipinski definition) is 1. The molecule has 1 heterocycles. The first-order chi connectivity index (χ1) is 7.80. The van der Waals surface area contributed by atoms with Crippen LogP contribution in [0.1, 0.15) is 24.8 Å². The molecule has 1 N–H and O–H groups in total. The molecule has 1 atom stereocenters. The van der Waals surface area contributed by atoms with Gasteiger partial charge in [-0.3, -0.25) is 0 Å². The first-order valence-corrected chi connectivity index (χ1v) is 6.70. The Kier molecular flexibility index (Phi) is 2.78. The normalized spacial score (nSPS) is 26.9. The van der Waals surface area contributed by atoms with Crippen molar-refractivity contribution in [2.24, 2.45) is 0 Å². The van der Waals surface area contributed by atoms with Gasteiger partial charge in [-0.2, -0.15) is 0 Å². The molecule has 2 fully saturated rings. The molecule has 1 aromatic carbocycles. The van der Waals surface area contributed by atoms with Crippen molar-refractivity contribution in [2.45, 2.75) is 30.8 Å². The molecule has 2 aliphatic rings. The minimum atomic E-state index is 0.221. The van der Waals surface area contributed by atoms with Gasteiger partial charge >= 0.3 is 0 Å². The molecule has 1 aliphatic carbocycles. The van der Waals surface area contributed by atoms with Crippen LogP contribution in [0.15, 0.2) is 28.7 Å². The van der Waals surface area contributed by atoms with Gasteiger partial charge in [-0.05, 0) is 30.9 Å². The Balaban J connectivity index is 1.80. The van der Waals surface area contributed by atoms with E-state index in [1.54, 1.807) is 0 Å². The Hall–Kier alpha value is -0.380. The summed E-state index contributed by atoms with van der Waals surface area (Å²) in [7, 11) is 0. The number of ether oxygens (including phenoxy) is 1. The largest absolute Gasteiger partial charge is 0.380 e. The van der Waals surface area contributed by atoms with Crippen molar-refractivity contribution >= 4 is 15.9 Å². The van der Waals surface area contributed by atoms with Crippen molar-refractivity contribution in [1.29, 1.82) is 0 Å². The molecule has 16 heavy (non-hydrogen) atoms. The van der Waals surface area contributed by atoms with Crippen LogP contribution in [0.25, 0.3) is 0 Å². The topological polar surface area (TPSA) is 21.3 Å². The van der Waals surface area contributed by atoms with Crippen LogP contribution in [0, 0.1) is 0 Å². The maximum atomic E-state index is 5.42. The van der Waals surface area contributed by atoms with E-state index in [0.29, 0.717) is 6.04 Å². The van der Waals surface area contributed by atoms with Crippen molar-refractivity contribution in [3.05, 3.63) is 34.3 Å². The molecule has 1 unspecified atom stereocenters. The van der Waals surface area contributed by atoms with Crippen molar-refractivity contribution in [2.75, 3.05) is 13.2 Å². The molecule has 3 rings (SSSR count). The molecule has 0 aromatic heterocycles. The lowest BCUT2D eigenvalue weighted by molar-refractivity contribution is 0.187. The standard InChI is InChI=1S/C13H16BrNO/c14-12-4-2-1-3-11(12)13(6-7-13)15-10-5-8-16-9-10/h1-4,10,15H,5-9H2. The highest BCUT2D eigenvalue weighted by atomic mass is 79.9. The maximum absolute atomic E-state index is 5.42. The molecule has 0 bridgehead atoms. The van der Waals surface area contributed by atoms with E-state index in [-0.39, 0.29) is 5.54 Å². The van der Waals surface area contributed by atoms with E-state index in [9.17, 15) is 0 Å². The summed E-state index contributed by atoms with van der Waals surface area (Å²) < 4.78 is 6.64. The summed E-state index contributed by atoms with van der Waals surface area (Å²) in [6.45, 7) is 1.77. The van der Waals surface area contributed by atoms with Gasteiger partial charge in [-0.25, -0.2) is 0 Å². The van der Waals surface area contributed by atoms with Crippen LogP contribution in [0.5, 0.6) is 0 Å². The molecule has 0 spiro atoms. The second-order valence-corrected chi connectivity index (χ2v) is 5.62. The van der Waals surface area contributed by atoms with Gasteiger partial charge in [0.05, 0.1) is 6.61 Å². The summed E-state index contributed by atoms with van der Waals surface area (Å²) in [4.78, 5) is 0. The van der Waals surface area contributed by atoms with E-state index < -0.39 is 0 Å². The van der Waals surface area contributed by atoms with Crippen molar-refractivity contribution in [3.63, 3.8) is 0 Å². The molecule has 1 saturated heterocycles. The van der Waals surface area contributed by atoms with Crippen LogP contribution in [-0.2, 0) is 10.3 Å². The highest BCUT2D eigenvalue weighted by Gasteiger charge is 2.46. The van der Waals surface area contributed by atoms with Gasteiger partial charge in [0.1, 0.15) is 0 Å². The van der Waals surface area contributed by atoms with Gasteiger partial charge in [-0.1, -0.05) is 34.1 Å². The molecule has 0 amide bonds. The third kappa shape index (κ3) is 1.92. The average molecular weight is 282 g/mol. The minimum Gasteiger partial charge on any atom is -0.380 e. The van der Waals surface area contributed by atoms with Crippen LogP contribution >= 0.6 is 15.9 Å². The monoisotopic (exact) mass is 281 g/mol. The van der Waals surface area contributed by atoms with Crippen LogP contribution in [0.3, 0.4) is 0 Å². The van der Waals surface area contributed by atoms with Crippen molar-refractivity contribution in [3.8, 4) is 0 Å². The predicted molar refractivity (Wildman–Crippen MR) is 67.4 cm³/mol. The van der Waals surface area contributed by atoms with E-state index in [2.05, 4.69) is 45.5 Å². The summed E-state index contributed by atoms with van der Waals surface area (Å²) in [5.41, 5.74) is 1.63. The van der Waals surface area contributed by atoms with Crippen LogP contribution in [0.2, 0.25) is 0 Å². The van der Waals surface area contributed by atoms with Gasteiger partial charge in [0.15, 0.2) is 0 Å². The summed E-state index contributed by atoms with van der Waals surface area (Å²) in [6, 6.07) is 9.08. The highest BCUT2D eigenvalue weighted by Crippen LogP contribution is 2.48. The number of hydrogen-bond acceptors (Lipinski definition) is 2. The zero-order valence-electron chi connectivity index (χ0n) is 9.21. The molecule has 1 aliphatic heterocycles. The fourth-order valence-corrected chi connectivity index (χ4v) is 3.17. The van der Waals surface area contributed by atoms with Crippen LogP contribution in [-0.4, -0.2) is 19.3 Å². The van der Waals surface area contributed by atoms with Gasteiger partial charge in [0.2, 0.25) is 0 Å². The summed E-state index contributed by atoms with van der Waals surface area (Å²) >= 11 is 3.65. The number of nitrogens with one attached hydrogen (secondary N) is 1. The van der Waals surface area contributed by atoms with Crippen LogP contribution in [0.4, 0.5) is 0 Å². The number of benzene rings is 1. The molecular weight excluding hydrogens is 266 g/mol. The third-order valence-electron chi connectivity index (χ3n) is 3.55. The average Bonchev–Trinajstić information content (AvgIpc) is 2.87. The van der Waals surface area contributed by atoms with E-state index >= 15 is 0 Å². The SMILES string of the molecule is Brc1ccccc1C1(NC2CCOC2)CC1. The van der Waals surface area contributed by atoms with Crippen molar-refractivity contribution < 1.29 is 4.74 Å². The van der Waals surface area contributed by atoms with Gasteiger partial charge < -0.3 is 10.1 Å². The highest BCUT2D eigenvalue weighted by molar-refractivity contribution is 9.10. The zero-order valence-corrected chi connectivity index (χ0v) is 10.8. The summed E-state index contributed by atoms with van der Waals surface area (Å²) in [5.74, 6) is 0. The second kappa shape index (κ2) is 4.13. The summed E-state index contributed by atoms with van der Waals surface area (Å²) in [5, 5.41) is 3.77. The lowest BCUT2D eigenvalue weighted by Gasteiger charge is -2.23. The van der Waals surface area contributed by atoms with E-state index in [1.807, 2.05) is 0 Å². The molecule has 1 aromatic rings. The molecule has 1 saturated carbocycles. The van der Waals surface area contributed by atoms with Crippen molar-refractivity contribution in [1.82, 2.24) is 5.32 Å². The number of halogens is 1. The Morgan fingerprint density at radius 3 is 2.75 bits per heavy atom. The molecule has 0 radical (unpaired) electrons. The Bertz CT molecular complexity index is 383. The Morgan fingerprint density at radius 1 is 1.31 bits per heavy atom. The van der Waals surface area contributed by atoms with E-state index in [1.165, 1.54) is 22.9 Å². The molecular formula is C13H16BrNO. The lowest BCUT2D eigenvalue weighted by Crippen LogP contribution is -2.38. The molecule has 86 valence electrons. The van der Waals surface area contributed by atoms with E-state index in [0.717, 1.165) is 19.6 Å². The fourth-order valence-electron chi connectivity index (χ4n) is 2.50.